The number of carbonyl (C=O) groups is 2. The summed E-state index contributed by atoms with van der Waals surface area (Å²) in [6.45, 7) is 5.15. The molecule has 2 unspecified atom stereocenters. The first-order valence-corrected chi connectivity index (χ1v) is 9.58. The predicted molar refractivity (Wildman–Crippen MR) is 108 cm³/mol. The maximum atomic E-state index is 13.9. The molecule has 1 heterocycles. The molecule has 0 aliphatic carbocycles. The Labute approximate surface area is 164 Å². The molecule has 5 nitrogen and oxygen atoms in total. The van der Waals surface area contributed by atoms with Crippen LogP contribution in [-0.4, -0.2) is 35.8 Å². The Morgan fingerprint density at radius 3 is 2.71 bits per heavy atom. The number of nitrogens with zero attached hydrogens (tertiary/aromatic N) is 1. The molecule has 2 amide bonds. The number of nitrogens with two attached hydrogens (primary N) is 1. The van der Waals surface area contributed by atoms with E-state index >= 15 is 0 Å². The summed E-state index contributed by atoms with van der Waals surface area (Å²) >= 11 is 0. The molecule has 0 bridgehead atoms. The number of amides is 2. The quantitative estimate of drug-likeness (QED) is 0.847. The Bertz CT molecular complexity index is 882. The molecule has 3 N–H and O–H groups in total. The molecule has 2 atom stereocenters. The van der Waals surface area contributed by atoms with Crippen molar-refractivity contribution in [2.24, 2.45) is 11.7 Å². The molecule has 0 radical (unpaired) electrons. The lowest BCUT2D eigenvalue weighted by molar-refractivity contribution is 0.0660. The van der Waals surface area contributed by atoms with Gasteiger partial charge in [-0.25, -0.2) is 4.39 Å². The molecular formula is C22H26FN3O2. The van der Waals surface area contributed by atoms with E-state index in [1.165, 1.54) is 18.2 Å². The fourth-order valence-corrected chi connectivity index (χ4v) is 3.53. The van der Waals surface area contributed by atoms with E-state index in [1.807, 2.05) is 18.7 Å². The van der Waals surface area contributed by atoms with Gasteiger partial charge in [-0.05, 0) is 62.4 Å². The molecule has 6 heteroatoms. The van der Waals surface area contributed by atoms with Crippen molar-refractivity contribution in [1.82, 2.24) is 4.90 Å². The summed E-state index contributed by atoms with van der Waals surface area (Å²) in [5.41, 5.74) is 7.78. The second kappa shape index (κ2) is 8.52. The summed E-state index contributed by atoms with van der Waals surface area (Å²) in [5, 5.41) is 2.72. The number of hydrogen-bond donors (Lipinski definition) is 2. The number of aryl methyl sites for hydroxylation is 1. The van der Waals surface area contributed by atoms with Crippen LogP contribution in [-0.2, 0) is 0 Å². The van der Waals surface area contributed by atoms with Gasteiger partial charge in [0.15, 0.2) is 0 Å². The van der Waals surface area contributed by atoms with Crippen molar-refractivity contribution >= 4 is 17.5 Å². The van der Waals surface area contributed by atoms with E-state index in [0.29, 0.717) is 30.3 Å². The fraction of sp³-hybridized carbons (Fsp3) is 0.364. The zero-order valence-electron chi connectivity index (χ0n) is 16.2. The van der Waals surface area contributed by atoms with Gasteiger partial charge in [0.25, 0.3) is 11.8 Å². The average Bonchev–Trinajstić information content (AvgIpc) is 2.69. The van der Waals surface area contributed by atoms with Crippen molar-refractivity contribution in [3.05, 3.63) is 65.0 Å². The van der Waals surface area contributed by atoms with Crippen LogP contribution in [0.25, 0.3) is 0 Å². The molecule has 1 aliphatic rings. The smallest absolute Gasteiger partial charge is 0.258 e. The third-order valence-corrected chi connectivity index (χ3v) is 5.34. The number of halogens is 1. The number of rotatable bonds is 4. The van der Waals surface area contributed by atoms with Crippen LogP contribution in [0.3, 0.4) is 0 Å². The van der Waals surface area contributed by atoms with Crippen LogP contribution in [0.4, 0.5) is 10.1 Å². The zero-order chi connectivity index (χ0) is 20.3. The van der Waals surface area contributed by atoms with Gasteiger partial charge in [0, 0.05) is 30.4 Å². The molecule has 0 aromatic heterocycles. The Morgan fingerprint density at radius 1 is 1.25 bits per heavy atom. The SMILES string of the molecule is Cc1ccc(C(=O)N2CCCC(C(C)N)C2)cc1NC(=O)c1ccccc1F. The van der Waals surface area contributed by atoms with Crippen molar-refractivity contribution in [2.45, 2.75) is 32.7 Å². The van der Waals surface area contributed by atoms with Crippen molar-refractivity contribution in [3.8, 4) is 0 Å². The molecule has 2 aromatic carbocycles. The van der Waals surface area contributed by atoms with Gasteiger partial charge in [0.05, 0.1) is 5.56 Å². The van der Waals surface area contributed by atoms with Gasteiger partial charge in [-0.1, -0.05) is 18.2 Å². The summed E-state index contributed by atoms with van der Waals surface area (Å²) < 4.78 is 13.9. The third-order valence-electron chi connectivity index (χ3n) is 5.34. The number of carbonyl (C=O) groups excluding carboxylic acids is 2. The molecule has 28 heavy (non-hydrogen) atoms. The van der Waals surface area contributed by atoms with Gasteiger partial charge in [0.2, 0.25) is 0 Å². The largest absolute Gasteiger partial charge is 0.338 e. The predicted octanol–water partition coefficient (Wildman–Crippen LogP) is 3.59. The molecule has 3 rings (SSSR count). The van der Waals surface area contributed by atoms with Gasteiger partial charge in [-0.2, -0.15) is 0 Å². The van der Waals surface area contributed by atoms with Crippen LogP contribution in [0.1, 0.15) is 46.0 Å². The van der Waals surface area contributed by atoms with Crippen LogP contribution in [0.15, 0.2) is 42.5 Å². The van der Waals surface area contributed by atoms with Crippen molar-refractivity contribution in [1.29, 1.82) is 0 Å². The standard InChI is InChI=1S/C22H26FN3O2/c1-14-9-10-16(22(28)26-11-5-6-17(13-26)15(2)24)12-20(14)25-21(27)18-7-3-4-8-19(18)23/h3-4,7-10,12,15,17H,5-6,11,13,24H2,1-2H3,(H,25,27). The van der Waals surface area contributed by atoms with E-state index in [9.17, 15) is 14.0 Å². The van der Waals surface area contributed by atoms with Crippen LogP contribution in [0.2, 0.25) is 0 Å². The van der Waals surface area contributed by atoms with Gasteiger partial charge < -0.3 is 16.0 Å². The second-order valence-corrected chi connectivity index (χ2v) is 7.48. The Kier molecular flexibility index (Phi) is 6.09. The van der Waals surface area contributed by atoms with Crippen LogP contribution >= 0.6 is 0 Å². The molecule has 1 fully saturated rings. The third kappa shape index (κ3) is 4.39. The van der Waals surface area contributed by atoms with Crippen LogP contribution in [0.5, 0.6) is 0 Å². The van der Waals surface area contributed by atoms with Gasteiger partial charge in [0.1, 0.15) is 5.82 Å². The maximum Gasteiger partial charge on any atom is 0.258 e. The molecule has 0 spiro atoms. The summed E-state index contributed by atoms with van der Waals surface area (Å²) in [5.74, 6) is -0.906. The van der Waals surface area contributed by atoms with E-state index in [0.717, 1.165) is 18.4 Å². The van der Waals surface area contributed by atoms with Gasteiger partial charge in [-0.3, -0.25) is 9.59 Å². The molecular weight excluding hydrogens is 357 g/mol. The Balaban J connectivity index is 1.78. The topological polar surface area (TPSA) is 75.4 Å². The molecule has 0 saturated carbocycles. The highest BCUT2D eigenvalue weighted by atomic mass is 19.1. The number of likely N-dealkylation sites (tertiary alicyclic amines) is 1. The zero-order valence-corrected chi connectivity index (χ0v) is 16.2. The van der Waals surface area contributed by atoms with Crippen molar-refractivity contribution in [2.75, 3.05) is 18.4 Å². The molecule has 148 valence electrons. The van der Waals surface area contributed by atoms with Crippen LogP contribution in [0, 0.1) is 18.7 Å². The molecule has 1 aliphatic heterocycles. The van der Waals surface area contributed by atoms with E-state index < -0.39 is 11.7 Å². The monoisotopic (exact) mass is 383 g/mol. The lowest BCUT2D eigenvalue weighted by Gasteiger charge is -2.34. The fourth-order valence-electron chi connectivity index (χ4n) is 3.53. The van der Waals surface area contributed by atoms with Crippen LogP contribution < -0.4 is 11.1 Å². The first-order valence-electron chi connectivity index (χ1n) is 9.58. The lowest BCUT2D eigenvalue weighted by atomic mass is 9.92. The van der Waals surface area contributed by atoms with E-state index in [4.69, 9.17) is 5.73 Å². The highest BCUT2D eigenvalue weighted by Crippen LogP contribution is 2.23. The summed E-state index contributed by atoms with van der Waals surface area (Å²) in [7, 11) is 0. The maximum absolute atomic E-state index is 13.9. The number of nitrogens with one attached hydrogen (secondary N) is 1. The summed E-state index contributed by atoms with van der Waals surface area (Å²) in [6.07, 6.45) is 1.96. The second-order valence-electron chi connectivity index (χ2n) is 7.48. The Morgan fingerprint density at radius 2 is 2.00 bits per heavy atom. The van der Waals surface area contributed by atoms with E-state index in [2.05, 4.69) is 5.32 Å². The van der Waals surface area contributed by atoms with Gasteiger partial charge in [-0.15, -0.1) is 0 Å². The first kappa shape index (κ1) is 20.0. The molecule has 2 aromatic rings. The minimum atomic E-state index is -0.583. The highest BCUT2D eigenvalue weighted by molar-refractivity contribution is 6.05. The van der Waals surface area contributed by atoms with E-state index in [1.54, 1.807) is 24.3 Å². The summed E-state index contributed by atoms with van der Waals surface area (Å²) in [6, 6.07) is 11.1. The number of piperidine rings is 1. The number of benzene rings is 2. The van der Waals surface area contributed by atoms with Crippen molar-refractivity contribution < 1.29 is 14.0 Å². The van der Waals surface area contributed by atoms with Crippen molar-refractivity contribution in [3.63, 3.8) is 0 Å². The van der Waals surface area contributed by atoms with E-state index in [-0.39, 0.29) is 17.5 Å². The first-order chi connectivity index (χ1) is 13.4. The normalized spacial score (nSPS) is 17.9. The minimum absolute atomic E-state index is 0.0329. The Hall–Kier alpha value is -2.73. The minimum Gasteiger partial charge on any atom is -0.338 e. The summed E-state index contributed by atoms with van der Waals surface area (Å²) in [4.78, 5) is 27.2. The molecule has 1 saturated heterocycles. The van der Waals surface area contributed by atoms with Gasteiger partial charge >= 0.3 is 0 Å². The highest BCUT2D eigenvalue weighted by Gasteiger charge is 2.26. The number of anilines is 1. The number of hydrogen-bond acceptors (Lipinski definition) is 3. The average molecular weight is 383 g/mol. The lowest BCUT2D eigenvalue weighted by Crippen LogP contribution is -2.45.